The van der Waals surface area contributed by atoms with E-state index in [1.165, 1.54) is 12.1 Å². The molecule has 0 aromatic heterocycles. The first kappa shape index (κ1) is 22.3. The summed E-state index contributed by atoms with van der Waals surface area (Å²) in [6.45, 7) is 2.03. The summed E-state index contributed by atoms with van der Waals surface area (Å²) in [6.07, 6.45) is 4.04. The van der Waals surface area contributed by atoms with Gasteiger partial charge in [-0.25, -0.2) is 0 Å². The summed E-state index contributed by atoms with van der Waals surface area (Å²) in [6, 6.07) is 9.91. The van der Waals surface area contributed by atoms with Crippen LogP contribution >= 0.6 is 31.9 Å². The minimum Gasteiger partial charge on any atom is -0.507 e. The van der Waals surface area contributed by atoms with Gasteiger partial charge >= 0.3 is 5.97 Å². The molecule has 0 unspecified atom stereocenters. The van der Waals surface area contributed by atoms with Gasteiger partial charge in [0, 0.05) is 11.1 Å². The Balaban J connectivity index is 2.01. The minimum absolute atomic E-state index is 0.106. The summed E-state index contributed by atoms with van der Waals surface area (Å²) in [5, 5.41) is 19.4. The number of Topliss-reactive ketones (excluding diaryl/α,β-unsaturated/α-hetero) is 1. The van der Waals surface area contributed by atoms with E-state index < -0.39 is 5.92 Å². The Hall–Kier alpha value is -2.38. The van der Waals surface area contributed by atoms with Crippen molar-refractivity contribution in [1.82, 2.24) is 0 Å². The van der Waals surface area contributed by atoms with Crippen LogP contribution in [0.2, 0.25) is 0 Å². The quantitative estimate of drug-likeness (QED) is 0.391. The number of halogens is 2. The maximum absolute atomic E-state index is 13.2. The van der Waals surface area contributed by atoms with Crippen molar-refractivity contribution in [3.63, 3.8) is 0 Å². The van der Waals surface area contributed by atoms with E-state index in [9.17, 15) is 19.8 Å². The lowest BCUT2D eigenvalue weighted by Gasteiger charge is -2.24. The average molecular weight is 536 g/mol. The lowest BCUT2D eigenvalue weighted by atomic mass is 9.80. The second kappa shape index (κ2) is 9.62. The molecule has 2 N–H and O–H groups in total. The van der Waals surface area contributed by atoms with Gasteiger partial charge in [-0.2, -0.15) is 0 Å². The van der Waals surface area contributed by atoms with Crippen molar-refractivity contribution in [2.75, 3.05) is 6.61 Å². The summed E-state index contributed by atoms with van der Waals surface area (Å²) in [5.41, 5.74) is 2.47. The lowest BCUT2D eigenvalue weighted by Crippen LogP contribution is -2.27. The fraction of sp³-hybridized carbons (Fsp3) is 0.217. The molecule has 0 amide bonds. The van der Waals surface area contributed by atoms with Gasteiger partial charge < -0.3 is 14.9 Å². The minimum atomic E-state index is -0.457. The molecule has 0 bridgehead atoms. The molecular formula is C23H20Br2O5. The number of esters is 1. The molecule has 30 heavy (non-hydrogen) atoms. The van der Waals surface area contributed by atoms with Crippen LogP contribution in [0, 0.1) is 5.92 Å². The third kappa shape index (κ3) is 5.21. The van der Waals surface area contributed by atoms with Gasteiger partial charge in [0.1, 0.15) is 11.5 Å². The predicted octanol–water partition coefficient (Wildman–Crippen LogP) is 5.63. The molecule has 156 valence electrons. The molecule has 1 aliphatic rings. The van der Waals surface area contributed by atoms with Crippen molar-refractivity contribution in [3.8, 4) is 11.5 Å². The number of phenols is 2. The predicted molar refractivity (Wildman–Crippen MR) is 122 cm³/mol. The molecule has 2 aromatic rings. The van der Waals surface area contributed by atoms with Crippen molar-refractivity contribution in [3.05, 3.63) is 67.6 Å². The molecule has 5 nitrogen and oxygen atoms in total. The third-order valence-electron chi connectivity index (χ3n) is 4.76. The SMILES string of the molecule is CCOC(=O)C1C/C(=C\c2ccc(O)c(Br)c2)C(=O)/C(=C/c2ccc(O)c(Br)c2)C1. The van der Waals surface area contributed by atoms with Crippen molar-refractivity contribution in [1.29, 1.82) is 0 Å². The smallest absolute Gasteiger partial charge is 0.309 e. The van der Waals surface area contributed by atoms with E-state index in [0.717, 1.165) is 11.1 Å². The number of hydrogen-bond acceptors (Lipinski definition) is 5. The van der Waals surface area contributed by atoms with Gasteiger partial charge in [-0.15, -0.1) is 0 Å². The Morgan fingerprint density at radius 2 is 1.47 bits per heavy atom. The number of carbonyl (C=O) groups excluding carboxylic acids is 2. The molecule has 1 fully saturated rings. The molecule has 0 radical (unpaired) electrons. The Kier molecular flexibility index (Phi) is 7.15. The zero-order chi connectivity index (χ0) is 21.8. The van der Waals surface area contributed by atoms with Crippen LogP contribution in [0.15, 0.2) is 56.5 Å². The highest BCUT2D eigenvalue weighted by atomic mass is 79.9. The number of allylic oxidation sites excluding steroid dienone is 2. The monoisotopic (exact) mass is 534 g/mol. The second-order valence-corrected chi connectivity index (χ2v) is 8.66. The number of ether oxygens (including phenoxy) is 1. The number of rotatable bonds is 4. The van der Waals surface area contributed by atoms with E-state index in [1.54, 1.807) is 43.3 Å². The average Bonchev–Trinajstić information content (AvgIpc) is 2.70. The first-order valence-electron chi connectivity index (χ1n) is 9.38. The molecule has 0 spiro atoms. The Morgan fingerprint density at radius 1 is 1.00 bits per heavy atom. The largest absolute Gasteiger partial charge is 0.507 e. The normalized spacial score (nSPS) is 19.3. The molecule has 3 rings (SSSR count). The molecule has 1 aliphatic carbocycles. The molecular weight excluding hydrogens is 516 g/mol. The van der Waals surface area contributed by atoms with E-state index in [-0.39, 0.29) is 42.7 Å². The van der Waals surface area contributed by atoms with Gasteiger partial charge in [-0.05, 0) is 99.2 Å². The van der Waals surface area contributed by atoms with Gasteiger partial charge in [0.05, 0.1) is 21.5 Å². The molecule has 0 aliphatic heterocycles. The molecule has 2 aromatic carbocycles. The van der Waals surface area contributed by atoms with Crippen LogP contribution in [0.4, 0.5) is 0 Å². The van der Waals surface area contributed by atoms with Gasteiger partial charge in [0.15, 0.2) is 5.78 Å². The molecule has 1 saturated carbocycles. The Bertz CT molecular complexity index is 982. The molecule has 0 heterocycles. The number of carbonyl (C=O) groups is 2. The van der Waals surface area contributed by atoms with Crippen molar-refractivity contribution in [2.45, 2.75) is 19.8 Å². The summed E-state index contributed by atoms with van der Waals surface area (Å²) < 4.78 is 6.24. The molecule has 7 heteroatoms. The number of phenolic OH excluding ortho intramolecular Hbond substituents is 2. The van der Waals surface area contributed by atoms with Gasteiger partial charge in [0.2, 0.25) is 0 Å². The highest BCUT2D eigenvalue weighted by Gasteiger charge is 2.33. The van der Waals surface area contributed by atoms with E-state index in [0.29, 0.717) is 20.1 Å². The highest BCUT2D eigenvalue weighted by molar-refractivity contribution is 9.10. The molecule has 0 saturated heterocycles. The van der Waals surface area contributed by atoms with Crippen molar-refractivity contribution >= 4 is 55.8 Å². The van der Waals surface area contributed by atoms with Crippen LogP contribution in [-0.4, -0.2) is 28.6 Å². The van der Waals surface area contributed by atoms with Gasteiger partial charge in [-0.3, -0.25) is 9.59 Å². The zero-order valence-corrected chi connectivity index (χ0v) is 19.4. The summed E-state index contributed by atoms with van der Waals surface area (Å²) in [4.78, 5) is 25.6. The summed E-state index contributed by atoms with van der Waals surface area (Å²) in [7, 11) is 0. The van der Waals surface area contributed by atoms with Crippen LogP contribution in [0.1, 0.15) is 30.9 Å². The first-order chi connectivity index (χ1) is 14.3. The highest BCUT2D eigenvalue weighted by Crippen LogP contribution is 2.35. The number of aromatic hydroxyl groups is 2. The lowest BCUT2D eigenvalue weighted by molar-refractivity contribution is -0.148. The van der Waals surface area contributed by atoms with Crippen LogP contribution in [0.5, 0.6) is 11.5 Å². The van der Waals surface area contributed by atoms with E-state index in [4.69, 9.17) is 4.74 Å². The van der Waals surface area contributed by atoms with E-state index >= 15 is 0 Å². The Morgan fingerprint density at radius 3 is 1.87 bits per heavy atom. The topological polar surface area (TPSA) is 83.8 Å². The third-order valence-corrected chi connectivity index (χ3v) is 6.03. The summed E-state index contributed by atoms with van der Waals surface area (Å²) in [5.74, 6) is -0.712. The molecule has 0 atom stereocenters. The van der Waals surface area contributed by atoms with Gasteiger partial charge in [0.25, 0.3) is 0 Å². The van der Waals surface area contributed by atoms with Crippen LogP contribution in [0.3, 0.4) is 0 Å². The zero-order valence-electron chi connectivity index (χ0n) is 16.2. The number of hydrogen-bond donors (Lipinski definition) is 2. The van der Waals surface area contributed by atoms with Crippen LogP contribution in [-0.2, 0) is 14.3 Å². The van der Waals surface area contributed by atoms with E-state index in [2.05, 4.69) is 31.9 Å². The summed E-state index contributed by atoms with van der Waals surface area (Å²) >= 11 is 6.55. The maximum atomic E-state index is 13.2. The second-order valence-electron chi connectivity index (χ2n) is 6.95. The van der Waals surface area contributed by atoms with Gasteiger partial charge in [-0.1, -0.05) is 12.1 Å². The fourth-order valence-electron chi connectivity index (χ4n) is 3.30. The van der Waals surface area contributed by atoms with E-state index in [1.807, 2.05) is 0 Å². The number of ketones is 1. The van der Waals surface area contributed by atoms with Crippen LogP contribution in [0.25, 0.3) is 12.2 Å². The Labute approximate surface area is 191 Å². The standard InChI is InChI=1S/C23H20Br2O5/c1-2-30-23(29)17-11-15(7-13-3-5-20(26)18(24)9-13)22(28)16(12-17)8-14-4-6-21(27)19(25)10-14/h3-10,17,26-27H,2,11-12H2,1H3/b15-7+,16-8+. The maximum Gasteiger partial charge on any atom is 0.309 e. The van der Waals surface area contributed by atoms with Crippen LogP contribution < -0.4 is 0 Å². The number of benzene rings is 2. The fourth-order valence-corrected chi connectivity index (χ4v) is 4.09. The van der Waals surface area contributed by atoms with Crippen molar-refractivity contribution in [2.24, 2.45) is 5.92 Å². The van der Waals surface area contributed by atoms with Crippen molar-refractivity contribution < 1.29 is 24.5 Å². The first-order valence-corrected chi connectivity index (χ1v) is 11.0.